The number of hydrogen-bond donors (Lipinski definition) is 1. The Balaban J connectivity index is 2.03. The summed E-state index contributed by atoms with van der Waals surface area (Å²) in [6.07, 6.45) is 2.80. The molecule has 0 aromatic carbocycles. The topological polar surface area (TPSA) is 80.5 Å². The Kier molecular flexibility index (Phi) is 3.07. The maximum absolute atomic E-state index is 12.7. The predicted octanol–water partition coefficient (Wildman–Crippen LogP) is 1.34. The van der Waals surface area contributed by atoms with Crippen LogP contribution in [0.2, 0.25) is 0 Å². The normalized spacial score (nSPS) is 40.6. The molecule has 120 valence electrons. The lowest BCUT2D eigenvalue weighted by Crippen LogP contribution is -2.51. The first-order valence-electron chi connectivity index (χ1n) is 7.86. The van der Waals surface area contributed by atoms with E-state index in [1.165, 1.54) is 4.31 Å². The molecule has 1 spiro atoms. The van der Waals surface area contributed by atoms with Crippen LogP contribution in [0.5, 0.6) is 0 Å². The van der Waals surface area contributed by atoms with Gasteiger partial charge in [-0.25, -0.2) is 12.7 Å². The van der Waals surface area contributed by atoms with Crippen LogP contribution in [0.3, 0.4) is 0 Å². The zero-order valence-corrected chi connectivity index (χ0v) is 14.1. The summed E-state index contributed by atoms with van der Waals surface area (Å²) >= 11 is 0. The third kappa shape index (κ3) is 1.72. The van der Waals surface area contributed by atoms with Crippen LogP contribution in [-0.2, 0) is 14.8 Å². The van der Waals surface area contributed by atoms with Gasteiger partial charge in [0.15, 0.2) is 0 Å². The minimum absolute atomic E-state index is 0.0122. The van der Waals surface area contributed by atoms with Crippen molar-refractivity contribution in [1.82, 2.24) is 4.31 Å². The lowest BCUT2D eigenvalue weighted by molar-refractivity contribution is -0.131. The molecule has 2 saturated carbocycles. The van der Waals surface area contributed by atoms with Crippen molar-refractivity contribution in [3.05, 3.63) is 0 Å². The smallest absolute Gasteiger partial charge is 0.253 e. The highest BCUT2D eigenvalue weighted by molar-refractivity contribution is 7.90. The molecule has 0 unspecified atom stereocenters. The fourth-order valence-corrected chi connectivity index (χ4v) is 7.58. The molecular weight excluding hydrogens is 289 g/mol. The Morgan fingerprint density at radius 1 is 1.33 bits per heavy atom. The molecule has 1 aliphatic heterocycles. The molecule has 3 aliphatic rings. The third-order valence-electron chi connectivity index (χ3n) is 6.63. The van der Waals surface area contributed by atoms with Gasteiger partial charge in [0.2, 0.25) is 10.0 Å². The Bertz CT molecular complexity index is 584. The second-order valence-electron chi connectivity index (χ2n) is 8.03. The van der Waals surface area contributed by atoms with E-state index < -0.39 is 22.0 Å². The van der Waals surface area contributed by atoms with Crippen molar-refractivity contribution in [2.24, 2.45) is 28.4 Å². The first-order valence-corrected chi connectivity index (χ1v) is 9.47. The van der Waals surface area contributed by atoms with Crippen molar-refractivity contribution < 1.29 is 13.2 Å². The van der Waals surface area contributed by atoms with Crippen LogP contribution in [0.15, 0.2) is 0 Å². The van der Waals surface area contributed by atoms with Crippen molar-refractivity contribution in [1.29, 1.82) is 0 Å². The van der Waals surface area contributed by atoms with Gasteiger partial charge in [-0.05, 0) is 36.5 Å². The maximum atomic E-state index is 12.7. The average molecular weight is 315 g/mol. The van der Waals surface area contributed by atoms with Crippen LogP contribution in [-0.4, -0.2) is 36.5 Å². The van der Waals surface area contributed by atoms with Crippen molar-refractivity contribution in [2.75, 3.05) is 5.75 Å². The van der Waals surface area contributed by atoms with Gasteiger partial charge in [-0.1, -0.05) is 27.7 Å². The molecule has 0 aromatic heterocycles. The molecule has 4 atom stereocenters. The summed E-state index contributed by atoms with van der Waals surface area (Å²) in [6, 6.07) is -0.911. The molecule has 2 aliphatic carbocycles. The predicted molar refractivity (Wildman–Crippen MR) is 80.8 cm³/mol. The fourth-order valence-electron chi connectivity index (χ4n) is 5.01. The van der Waals surface area contributed by atoms with Crippen molar-refractivity contribution >= 4 is 15.9 Å². The summed E-state index contributed by atoms with van der Waals surface area (Å²) in [7, 11) is -3.54. The SMILES string of the molecule is CC(C)[C@H]([15NH2])C(=O)N1[C@H]2C[C@@H]3CC[C@@]2(CS1(=O)=O)C3(C)C. The molecular formula is C15H26N2O3S. The number of fused-ring (bicyclic) bond motifs is 1. The first-order chi connectivity index (χ1) is 9.54. The van der Waals surface area contributed by atoms with Gasteiger partial charge in [0.1, 0.15) is 0 Å². The highest BCUT2D eigenvalue weighted by atomic mass is 32.2. The van der Waals surface area contributed by atoms with Crippen molar-refractivity contribution in [3.8, 4) is 0 Å². The van der Waals surface area contributed by atoms with Gasteiger partial charge in [-0.15, -0.1) is 0 Å². The number of sulfonamides is 1. The average Bonchev–Trinajstić information content (AvgIpc) is 2.83. The molecule has 2 bridgehead atoms. The van der Waals surface area contributed by atoms with E-state index in [-0.39, 0.29) is 28.5 Å². The lowest BCUT2D eigenvalue weighted by Gasteiger charge is -2.37. The summed E-state index contributed by atoms with van der Waals surface area (Å²) in [5.74, 6) is 0.166. The summed E-state index contributed by atoms with van der Waals surface area (Å²) in [6.45, 7) is 8.06. The highest BCUT2D eigenvalue weighted by Crippen LogP contribution is 2.69. The monoisotopic (exact) mass is 315 g/mol. The highest BCUT2D eigenvalue weighted by Gasteiger charge is 2.72. The number of carbonyl (C=O) groups excluding carboxylic acids is 1. The van der Waals surface area contributed by atoms with E-state index in [9.17, 15) is 13.2 Å². The third-order valence-corrected chi connectivity index (χ3v) is 8.55. The number of amides is 1. The van der Waals surface area contributed by atoms with Crippen LogP contribution >= 0.6 is 0 Å². The second kappa shape index (κ2) is 4.22. The summed E-state index contributed by atoms with van der Waals surface area (Å²) in [5.41, 5.74) is 5.68. The molecule has 0 radical (unpaired) electrons. The zero-order valence-electron chi connectivity index (χ0n) is 13.3. The number of hydrogen-bond acceptors (Lipinski definition) is 4. The summed E-state index contributed by atoms with van der Waals surface area (Å²) < 4.78 is 26.5. The van der Waals surface area contributed by atoms with E-state index in [0.717, 1.165) is 19.3 Å². The fraction of sp³-hybridized carbons (Fsp3) is 0.933. The standard InChI is InChI=1S/C15H26N2O3S/c1-9(2)12(16)13(18)17-11-7-10-5-6-15(11,14(10,3)4)8-21(17,19)20/h9-12H,5-8,16H2,1-4H3/t10-,11-,12-,15-/m0/s1/i16+1. The Hall–Kier alpha value is -0.620. The molecule has 5 nitrogen and oxygen atoms in total. The molecule has 3 rings (SSSR count). The van der Waals surface area contributed by atoms with E-state index in [2.05, 4.69) is 13.8 Å². The first kappa shape index (κ1) is 15.3. The number of nitrogens with zero attached hydrogens (tertiary/aromatic N) is 1. The van der Waals surface area contributed by atoms with Gasteiger partial charge in [0.25, 0.3) is 5.91 Å². The van der Waals surface area contributed by atoms with Gasteiger partial charge in [0, 0.05) is 5.41 Å². The zero-order chi connectivity index (χ0) is 15.8. The second-order valence-corrected chi connectivity index (χ2v) is 9.87. The van der Waals surface area contributed by atoms with E-state index in [1.807, 2.05) is 13.8 Å². The Morgan fingerprint density at radius 2 is 1.95 bits per heavy atom. The molecule has 1 amide bonds. The van der Waals surface area contributed by atoms with Gasteiger partial charge in [-0.2, -0.15) is 0 Å². The van der Waals surface area contributed by atoms with Crippen molar-refractivity contribution in [3.63, 3.8) is 0 Å². The van der Waals surface area contributed by atoms with Crippen molar-refractivity contribution in [2.45, 2.75) is 59.0 Å². The number of rotatable bonds is 2. The molecule has 0 aromatic rings. The lowest BCUT2D eigenvalue weighted by atomic mass is 9.69. The molecule has 2 N–H and O–H groups in total. The van der Waals surface area contributed by atoms with E-state index in [0.29, 0.717) is 5.92 Å². The quantitative estimate of drug-likeness (QED) is 0.780. The maximum Gasteiger partial charge on any atom is 0.253 e. The van der Waals surface area contributed by atoms with E-state index in [1.54, 1.807) is 0 Å². The molecule has 1 saturated heterocycles. The van der Waals surface area contributed by atoms with Crippen LogP contribution in [0, 0.1) is 22.7 Å². The van der Waals surface area contributed by atoms with Crippen LogP contribution in [0.4, 0.5) is 0 Å². The summed E-state index contributed by atoms with van der Waals surface area (Å²) in [5, 5.41) is 0. The largest absolute Gasteiger partial charge is 0.320 e. The Labute approximate surface area is 127 Å². The minimum Gasteiger partial charge on any atom is -0.320 e. The number of carbonyl (C=O) groups is 1. The molecule has 21 heavy (non-hydrogen) atoms. The van der Waals surface area contributed by atoms with Crippen LogP contribution < -0.4 is 5.73 Å². The summed E-state index contributed by atoms with van der Waals surface area (Å²) in [4.78, 5) is 12.7. The van der Waals surface area contributed by atoms with Gasteiger partial charge < -0.3 is 5.73 Å². The minimum atomic E-state index is -3.54. The van der Waals surface area contributed by atoms with Gasteiger partial charge in [-0.3, -0.25) is 4.79 Å². The van der Waals surface area contributed by atoms with Crippen LogP contribution in [0.25, 0.3) is 0 Å². The van der Waals surface area contributed by atoms with Gasteiger partial charge in [0.05, 0.1) is 17.8 Å². The van der Waals surface area contributed by atoms with E-state index >= 15 is 0 Å². The molecule has 1 heterocycles. The van der Waals surface area contributed by atoms with Crippen LogP contribution in [0.1, 0.15) is 47.0 Å². The number of nitrogens with two attached hydrogens (primary N) is 1. The van der Waals surface area contributed by atoms with Gasteiger partial charge >= 0.3 is 0 Å². The molecule has 6 heteroatoms. The molecule has 3 fully saturated rings. The Morgan fingerprint density at radius 3 is 2.48 bits per heavy atom. The van der Waals surface area contributed by atoms with E-state index in [4.69, 9.17) is 5.73 Å².